The zero-order chi connectivity index (χ0) is 19.0. The van der Waals surface area contributed by atoms with Gasteiger partial charge in [-0.1, -0.05) is 12.1 Å². The zero-order valence-electron chi connectivity index (χ0n) is 14.0. The molecule has 0 aliphatic carbocycles. The van der Waals surface area contributed by atoms with Gasteiger partial charge in [-0.2, -0.15) is 0 Å². The summed E-state index contributed by atoms with van der Waals surface area (Å²) < 4.78 is 43.2. The van der Waals surface area contributed by atoms with E-state index in [2.05, 4.69) is 20.0 Å². The highest BCUT2D eigenvalue weighted by molar-refractivity contribution is 5.95. The van der Waals surface area contributed by atoms with Crippen molar-refractivity contribution in [2.45, 2.75) is 18.8 Å². The number of H-pyrrole nitrogens is 1. The summed E-state index contributed by atoms with van der Waals surface area (Å²) in [6, 6.07) is 7.33. The van der Waals surface area contributed by atoms with Gasteiger partial charge in [0.15, 0.2) is 0 Å². The molecule has 1 aliphatic rings. The number of hydrogen-bond donors (Lipinski definition) is 2. The predicted octanol–water partition coefficient (Wildman–Crippen LogP) is 3.30. The van der Waals surface area contributed by atoms with Gasteiger partial charge in [0, 0.05) is 36.6 Å². The third-order valence-electron chi connectivity index (χ3n) is 4.38. The standard InChI is InChI=1S/C18H15F3N4O2/c19-18(20,21)27-15-3-1-2-11(4-15)12-5-16-17(26)23-8-14(25(16)9-12)6-13-7-22-10-24-13/h1-5,7,9-10,14H,6,8H2,(H,22,24)(H,23,26)/t14-/m0/s1. The number of nitrogens with one attached hydrogen (secondary N) is 2. The van der Waals surface area contributed by atoms with Gasteiger partial charge >= 0.3 is 6.36 Å². The molecule has 0 saturated heterocycles. The number of nitrogens with zero attached hydrogens (tertiary/aromatic N) is 2. The molecule has 27 heavy (non-hydrogen) atoms. The van der Waals surface area contributed by atoms with E-state index in [0.29, 0.717) is 29.8 Å². The maximum Gasteiger partial charge on any atom is 0.573 e. The van der Waals surface area contributed by atoms with E-state index in [1.807, 2.05) is 4.57 Å². The Morgan fingerprint density at radius 1 is 1.26 bits per heavy atom. The number of aromatic amines is 1. The largest absolute Gasteiger partial charge is 0.573 e. The van der Waals surface area contributed by atoms with E-state index in [1.165, 1.54) is 18.2 Å². The van der Waals surface area contributed by atoms with Crippen LogP contribution in [0.4, 0.5) is 13.2 Å². The molecule has 1 atom stereocenters. The molecule has 9 heteroatoms. The molecular weight excluding hydrogens is 361 g/mol. The Balaban J connectivity index is 1.66. The van der Waals surface area contributed by atoms with Crippen molar-refractivity contribution in [2.24, 2.45) is 0 Å². The van der Waals surface area contributed by atoms with Crippen LogP contribution in [0.1, 0.15) is 22.2 Å². The van der Waals surface area contributed by atoms with Crippen molar-refractivity contribution in [2.75, 3.05) is 6.54 Å². The molecule has 4 rings (SSSR count). The SMILES string of the molecule is O=C1NC[C@H](Cc2cnc[nH]2)n2cc(-c3cccc(OC(F)(F)F)c3)cc21. The lowest BCUT2D eigenvalue weighted by Crippen LogP contribution is -2.39. The molecule has 0 radical (unpaired) electrons. The van der Waals surface area contributed by atoms with E-state index < -0.39 is 6.36 Å². The van der Waals surface area contributed by atoms with Crippen molar-refractivity contribution >= 4 is 5.91 Å². The molecule has 3 heterocycles. The summed E-state index contributed by atoms with van der Waals surface area (Å²) in [6.07, 6.45) is 0.970. The molecule has 0 unspecified atom stereocenters. The zero-order valence-corrected chi connectivity index (χ0v) is 14.0. The minimum absolute atomic E-state index is 0.0264. The van der Waals surface area contributed by atoms with Gasteiger partial charge < -0.3 is 19.6 Å². The highest BCUT2D eigenvalue weighted by atomic mass is 19.4. The molecule has 1 aliphatic heterocycles. The van der Waals surface area contributed by atoms with Gasteiger partial charge in [0.1, 0.15) is 11.4 Å². The second-order valence-corrected chi connectivity index (χ2v) is 6.24. The van der Waals surface area contributed by atoms with Crippen molar-refractivity contribution in [3.05, 3.63) is 60.4 Å². The quantitative estimate of drug-likeness (QED) is 0.734. The average Bonchev–Trinajstić information content (AvgIpc) is 3.26. The fourth-order valence-corrected chi connectivity index (χ4v) is 3.21. The van der Waals surface area contributed by atoms with Crippen molar-refractivity contribution in [1.29, 1.82) is 0 Å². The fraction of sp³-hybridized carbons (Fsp3) is 0.222. The minimum atomic E-state index is -4.76. The second kappa shape index (κ2) is 6.49. The van der Waals surface area contributed by atoms with Gasteiger partial charge in [0.25, 0.3) is 5.91 Å². The third kappa shape index (κ3) is 3.67. The van der Waals surface area contributed by atoms with Crippen LogP contribution in [0.15, 0.2) is 49.1 Å². The Kier molecular flexibility index (Phi) is 4.14. The first-order valence-corrected chi connectivity index (χ1v) is 8.22. The first-order valence-electron chi connectivity index (χ1n) is 8.22. The van der Waals surface area contributed by atoms with E-state index in [0.717, 1.165) is 5.69 Å². The maximum absolute atomic E-state index is 12.5. The average molecular weight is 376 g/mol. The monoisotopic (exact) mass is 376 g/mol. The van der Waals surface area contributed by atoms with Crippen LogP contribution in [0, 0.1) is 0 Å². The topological polar surface area (TPSA) is 71.9 Å². The number of fused-ring (bicyclic) bond motifs is 1. The lowest BCUT2D eigenvalue weighted by molar-refractivity contribution is -0.274. The van der Waals surface area contributed by atoms with Crippen molar-refractivity contribution in [3.8, 4) is 16.9 Å². The minimum Gasteiger partial charge on any atom is -0.406 e. The number of alkyl halides is 3. The molecule has 6 nitrogen and oxygen atoms in total. The van der Waals surface area contributed by atoms with E-state index in [-0.39, 0.29) is 17.7 Å². The van der Waals surface area contributed by atoms with Crippen LogP contribution >= 0.6 is 0 Å². The van der Waals surface area contributed by atoms with Crippen LogP contribution in [0.5, 0.6) is 5.75 Å². The van der Waals surface area contributed by atoms with Crippen LogP contribution in [-0.2, 0) is 6.42 Å². The van der Waals surface area contributed by atoms with E-state index in [9.17, 15) is 18.0 Å². The normalized spacial score (nSPS) is 16.7. The summed E-state index contributed by atoms with van der Waals surface area (Å²) in [7, 11) is 0. The second-order valence-electron chi connectivity index (χ2n) is 6.24. The molecule has 2 aromatic heterocycles. The number of halogens is 3. The molecule has 140 valence electrons. The molecule has 0 spiro atoms. The number of amides is 1. The van der Waals surface area contributed by atoms with Crippen molar-refractivity contribution < 1.29 is 22.7 Å². The van der Waals surface area contributed by atoms with Crippen LogP contribution < -0.4 is 10.1 Å². The summed E-state index contributed by atoms with van der Waals surface area (Å²) >= 11 is 0. The van der Waals surface area contributed by atoms with Crippen LogP contribution in [-0.4, -0.2) is 33.3 Å². The highest BCUT2D eigenvalue weighted by Crippen LogP contribution is 2.31. The van der Waals surface area contributed by atoms with Crippen LogP contribution in [0.2, 0.25) is 0 Å². The van der Waals surface area contributed by atoms with Gasteiger partial charge in [-0.3, -0.25) is 4.79 Å². The number of carbonyl (C=O) groups excluding carboxylic acids is 1. The number of imidazole rings is 1. The number of ether oxygens (including phenoxy) is 1. The van der Waals surface area contributed by atoms with Gasteiger partial charge in [0.2, 0.25) is 0 Å². The number of benzene rings is 1. The molecular formula is C18H15F3N4O2. The lowest BCUT2D eigenvalue weighted by Gasteiger charge is -2.26. The van der Waals surface area contributed by atoms with Gasteiger partial charge in [-0.05, 0) is 23.8 Å². The molecule has 1 amide bonds. The van der Waals surface area contributed by atoms with Crippen molar-refractivity contribution in [3.63, 3.8) is 0 Å². The molecule has 2 N–H and O–H groups in total. The summed E-state index contributed by atoms with van der Waals surface area (Å²) in [6.45, 7) is 0.455. The Hall–Kier alpha value is -3.23. The predicted molar refractivity (Wildman–Crippen MR) is 90.2 cm³/mol. The van der Waals surface area contributed by atoms with Gasteiger partial charge in [-0.15, -0.1) is 13.2 Å². The number of carbonyl (C=O) groups is 1. The van der Waals surface area contributed by atoms with Crippen LogP contribution in [0.3, 0.4) is 0 Å². The van der Waals surface area contributed by atoms with Gasteiger partial charge in [-0.25, -0.2) is 4.98 Å². The number of rotatable bonds is 4. The first kappa shape index (κ1) is 17.2. The maximum atomic E-state index is 12.5. The summed E-state index contributed by atoms with van der Waals surface area (Å²) in [5, 5.41) is 2.84. The summed E-state index contributed by atoms with van der Waals surface area (Å²) in [5.74, 6) is -0.521. The molecule has 0 fully saturated rings. The Morgan fingerprint density at radius 2 is 2.11 bits per heavy atom. The molecule has 3 aromatic rings. The molecule has 1 aromatic carbocycles. The fourth-order valence-electron chi connectivity index (χ4n) is 3.21. The number of aromatic nitrogens is 3. The Bertz CT molecular complexity index is 963. The van der Waals surface area contributed by atoms with Crippen molar-refractivity contribution in [1.82, 2.24) is 19.9 Å². The van der Waals surface area contributed by atoms with E-state index in [4.69, 9.17) is 0 Å². The van der Waals surface area contributed by atoms with E-state index in [1.54, 1.807) is 30.9 Å². The highest BCUT2D eigenvalue weighted by Gasteiger charge is 2.31. The number of hydrogen-bond acceptors (Lipinski definition) is 3. The third-order valence-corrected chi connectivity index (χ3v) is 4.38. The summed E-state index contributed by atoms with van der Waals surface area (Å²) in [4.78, 5) is 19.2. The Morgan fingerprint density at radius 3 is 2.85 bits per heavy atom. The van der Waals surface area contributed by atoms with Gasteiger partial charge in [0.05, 0.1) is 12.4 Å². The molecule has 0 bridgehead atoms. The molecule has 0 saturated carbocycles. The summed E-state index contributed by atoms with van der Waals surface area (Å²) in [5.41, 5.74) is 2.57. The smallest absolute Gasteiger partial charge is 0.406 e. The van der Waals surface area contributed by atoms with Crippen LogP contribution in [0.25, 0.3) is 11.1 Å². The Labute approximate surface area is 152 Å². The van der Waals surface area contributed by atoms with E-state index >= 15 is 0 Å². The lowest BCUT2D eigenvalue weighted by atomic mass is 10.1. The first-order chi connectivity index (χ1) is 12.9.